The van der Waals surface area contributed by atoms with Crippen LogP contribution in [0.5, 0.6) is 0 Å². The van der Waals surface area contributed by atoms with E-state index in [1.54, 1.807) is 0 Å². The summed E-state index contributed by atoms with van der Waals surface area (Å²) in [4.78, 5) is 20.0. The second-order valence-corrected chi connectivity index (χ2v) is 3.99. The van der Waals surface area contributed by atoms with Crippen molar-refractivity contribution in [1.29, 1.82) is 0 Å². The highest BCUT2D eigenvalue weighted by molar-refractivity contribution is 5.65. The molecule has 7 heteroatoms. The standard InChI is InChI=1S/C10H13N3O4/c1-7(2)6-11-9-4-3-8(12(14)15)5-10(9)13(16)17/h3-5,7,11H,6H2,1-2H3. The van der Waals surface area contributed by atoms with Crippen LogP contribution in [-0.4, -0.2) is 16.4 Å². The topological polar surface area (TPSA) is 98.3 Å². The van der Waals surface area contributed by atoms with E-state index in [9.17, 15) is 20.2 Å². The van der Waals surface area contributed by atoms with Gasteiger partial charge >= 0.3 is 0 Å². The third-order valence-electron chi connectivity index (χ3n) is 2.09. The highest BCUT2D eigenvalue weighted by atomic mass is 16.6. The van der Waals surface area contributed by atoms with Crippen molar-refractivity contribution in [3.8, 4) is 0 Å². The maximum Gasteiger partial charge on any atom is 0.299 e. The Bertz CT molecular complexity index is 445. The zero-order valence-corrected chi connectivity index (χ0v) is 9.54. The Morgan fingerprint density at radius 1 is 1.24 bits per heavy atom. The number of nitro groups is 2. The van der Waals surface area contributed by atoms with Crippen molar-refractivity contribution < 1.29 is 9.85 Å². The van der Waals surface area contributed by atoms with E-state index in [2.05, 4.69) is 5.32 Å². The lowest BCUT2D eigenvalue weighted by Crippen LogP contribution is -2.09. The molecule has 92 valence electrons. The van der Waals surface area contributed by atoms with Gasteiger partial charge in [0.2, 0.25) is 0 Å². The SMILES string of the molecule is CC(C)CNc1ccc([N+](=O)[O-])cc1[N+](=O)[O-]. The number of anilines is 1. The summed E-state index contributed by atoms with van der Waals surface area (Å²) in [5, 5.41) is 24.2. The fourth-order valence-corrected chi connectivity index (χ4v) is 1.25. The van der Waals surface area contributed by atoms with Crippen molar-refractivity contribution in [2.75, 3.05) is 11.9 Å². The molecule has 0 aromatic heterocycles. The summed E-state index contributed by atoms with van der Waals surface area (Å²) in [5.41, 5.74) is -0.263. The molecule has 0 amide bonds. The van der Waals surface area contributed by atoms with Crippen molar-refractivity contribution >= 4 is 17.1 Å². The van der Waals surface area contributed by atoms with Crippen LogP contribution in [-0.2, 0) is 0 Å². The predicted molar refractivity (Wildman–Crippen MR) is 63.1 cm³/mol. The van der Waals surface area contributed by atoms with Gasteiger partial charge in [0.1, 0.15) is 5.69 Å². The Labute approximate surface area is 97.7 Å². The number of nitro benzene ring substituents is 2. The maximum absolute atomic E-state index is 10.8. The molecule has 0 aliphatic rings. The van der Waals surface area contributed by atoms with Gasteiger partial charge in [0.15, 0.2) is 0 Å². The first-order valence-electron chi connectivity index (χ1n) is 5.08. The van der Waals surface area contributed by atoms with Crippen LogP contribution in [0.15, 0.2) is 18.2 Å². The molecule has 0 saturated carbocycles. The number of non-ortho nitro benzene ring substituents is 1. The zero-order chi connectivity index (χ0) is 13.0. The lowest BCUT2D eigenvalue weighted by molar-refractivity contribution is -0.393. The van der Waals surface area contributed by atoms with Crippen molar-refractivity contribution in [1.82, 2.24) is 0 Å². The minimum Gasteiger partial charge on any atom is -0.379 e. The van der Waals surface area contributed by atoms with Gasteiger partial charge in [-0.2, -0.15) is 0 Å². The molecule has 0 radical (unpaired) electrons. The van der Waals surface area contributed by atoms with Crippen molar-refractivity contribution in [3.63, 3.8) is 0 Å². The van der Waals surface area contributed by atoms with E-state index in [1.165, 1.54) is 12.1 Å². The minimum atomic E-state index is -0.654. The largest absolute Gasteiger partial charge is 0.379 e. The minimum absolute atomic E-state index is 0.278. The molecule has 7 nitrogen and oxygen atoms in total. The van der Waals surface area contributed by atoms with Crippen molar-refractivity contribution in [2.24, 2.45) is 5.92 Å². The number of hydrogen-bond donors (Lipinski definition) is 1. The van der Waals surface area contributed by atoms with E-state index >= 15 is 0 Å². The average molecular weight is 239 g/mol. The zero-order valence-electron chi connectivity index (χ0n) is 9.54. The monoisotopic (exact) mass is 239 g/mol. The third kappa shape index (κ3) is 3.40. The molecular weight excluding hydrogens is 226 g/mol. The molecule has 0 spiro atoms. The van der Waals surface area contributed by atoms with Gasteiger partial charge in [-0.05, 0) is 12.0 Å². The Balaban J connectivity index is 3.04. The Morgan fingerprint density at radius 2 is 1.88 bits per heavy atom. The van der Waals surface area contributed by atoms with E-state index in [1.807, 2.05) is 13.8 Å². The van der Waals surface area contributed by atoms with Crippen LogP contribution in [0.25, 0.3) is 0 Å². The molecule has 1 N–H and O–H groups in total. The molecule has 1 aromatic carbocycles. The second-order valence-electron chi connectivity index (χ2n) is 3.99. The molecule has 0 aliphatic carbocycles. The summed E-state index contributed by atoms with van der Waals surface area (Å²) in [6.45, 7) is 4.49. The average Bonchev–Trinajstić information content (AvgIpc) is 2.25. The number of nitrogens with zero attached hydrogens (tertiary/aromatic N) is 2. The normalized spacial score (nSPS) is 10.3. The van der Waals surface area contributed by atoms with E-state index in [0.717, 1.165) is 6.07 Å². The van der Waals surface area contributed by atoms with Crippen LogP contribution in [0.4, 0.5) is 17.1 Å². The molecule has 0 bridgehead atoms. The molecular formula is C10H13N3O4. The predicted octanol–water partition coefficient (Wildman–Crippen LogP) is 2.57. The van der Waals surface area contributed by atoms with Gasteiger partial charge in [0.25, 0.3) is 11.4 Å². The van der Waals surface area contributed by atoms with Gasteiger partial charge in [-0.25, -0.2) is 0 Å². The summed E-state index contributed by atoms with van der Waals surface area (Å²) in [7, 11) is 0. The first kappa shape index (κ1) is 12.9. The molecule has 1 aromatic rings. The van der Waals surface area contributed by atoms with E-state index in [4.69, 9.17) is 0 Å². The number of hydrogen-bond acceptors (Lipinski definition) is 5. The Kier molecular flexibility index (Phi) is 3.97. The molecule has 17 heavy (non-hydrogen) atoms. The van der Waals surface area contributed by atoms with E-state index in [-0.39, 0.29) is 11.4 Å². The maximum atomic E-state index is 10.8. The van der Waals surface area contributed by atoms with E-state index in [0.29, 0.717) is 18.2 Å². The number of benzene rings is 1. The Morgan fingerprint density at radius 3 is 2.35 bits per heavy atom. The van der Waals surface area contributed by atoms with Crippen LogP contribution in [0, 0.1) is 26.1 Å². The highest BCUT2D eigenvalue weighted by Gasteiger charge is 2.19. The van der Waals surface area contributed by atoms with Gasteiger partial charge in [-0.3, -0.25) is 20.2 Å². The fourth-order valence-electron chi connectivity index (χ4n) is 1.25. The fraction of sp³-hybridized carbons (Fsp3) is 0.400. The van der Waals surface area contributed by atoms with Crippen LogP contribution >= 0.6 is 0 Å². The first-order chi connectivity index (χ1) is 7.91. The van der Waals surface area contributed by atoms with Gasteiger partial charge in [-0.1, -0.05) is 13.8 Å². The molecule has 0 unspecified atom stereocenters. The molecule has 1 rings (SSSR count). The lowest BCUT2D eigenvalue weighted by atomic mass is 10.2. The van der Waals surface area contributed by atoms with Crippen LogP contribution in [0.2, 0.25) is 0 Å². The van der Waals surface area contributed by atoms with Crippen LogP contribution < -0.4 is 5.32 Å². The molecule has 0 heterocycles. The first-order valence-corrected chi connectivity index (χ1v) is 5.08. The summed E-state index contributed by atoms with van der Waals surface area (Å²) >= 11 is 0. The van der Waals surface area contributed by atoms with Crippen molar-refractivity contribution in [3.05, 3.63) is 38.4 Å². The van der Waals surface area contributed by atoms with Crippen LogP contribution in [0.1, 0.15) is 13.8 Å². The van der Waals surface area contributed by atoms with Crippen molar-refractivity contribution in [2.45, 2.75) is 13.8 Å². The summed E-state index contributed by atoms with van der Waals surface area (Å²) in [6.07, 6.45) is 0. The van der Waals surface area contributed by atoms with E-state index < -0.39 is 9.85 Å². The van der Waals surface area contributed by atoms with Gasteiger partial charge in [0.05, 0.1) is 15.9 Å². The summed E-state index contributed by atoms with van der Waals surface area (Å²) < 4.78 is 0. The quantitative estimate of drug-likeness (QED) is 0.628. The molecule has 0 aliphatic heterocycles. The lowest BCUT2D eigenvalue weighted by Gasteiger charge is -2.08. The summed E-state index contributed by atoms with van der Waals surface area (Å²) in [6, 6.07) is 3.57. The number of nitrogens with one attached hydrogen (secondary N) is 1. The molecule has 0 atom stereocenters. The Hall–Kier alpha value is -2.18. The van der Waals surface area contributed by atoms with Gasteiger partial charge < -0.3 is 5.32 Å². The third-order valence-corrected chi connectivity index (χ3v) is 2.09. The molecule has 0 saturated heterocycles. The highest BCUT2D eigenvalue weighted by Crippen LogP contribution is 2.28. The van der Waals surface area contributed by atoms with Gasteiger partial charge in [0, 0.05) is 12.6 Å². The smallest absolute Gasteiger partial charge is 0.299 e. The number of rotatable bonds is 5. The second kappa shape index (κ2) is 5.24. The summed E-state index contributed by atoms with van der Waals surface area (Å²) in [5.74, 6) is 0.324. The molecule has 0 fully saturated rings. The van der Waals surface area contributed by atoms with Crippen LogP contribution in [0.3, 0.4) is 0 Å². The van der Waals surface area contributed by atoms with Gasteiger partial charge in [-0.15, -0.1) is 0 Å².